The van der Waals surface area contributed by atoms with Gasteiger partial charge in [-0.1, -0.05) is 38.2 Å². The highest BCUT2D eigenvalue weighted by molar-refractivity contribution is 5.85. The van der Waals surface area contributed by atoms with E-state index in [1.54, 1.807) is 12.1 Å². The minimum atomic E-state index is 0. The molecular weight excluding hydrogens is 424 g/mol. The summed E-state index contributed by atoms with van der Waals surface area (Å²) in [5.41, 5.74) is 8.69. The minimum absolute atomic E-state index is 0. The fourth-order valence-electron chi connectivity index (χ4n) is 5.00. The molecule has 0 amide bonds. The number of hydrogen-bond acceptors (Lipinski definition) is 6. The molecule has 1 aromatic heterocycles. The number of ether oxygens (including phenoxy) is 1. The number of nitriles is 1. The maximum atomic E-state index is 10.7. The van der Waals surface area contributed by atoms with Gasteiger partial charge < -0.3 is 20.9 Å². The van der Waals surface area contributed by atoms with Crippen LogP contribution in [0.3, 0.4) is 0 Å². The van der Waals surface area contributed by atoms with E-state index in [2.05, 4.69) is 16.4 Å². The number of benzene rings is 1. The lowest BCUT2D eigenvalue weighted by atomic mass is 9.86. The number of hydrogen-bond donors (Lipinski definition) is 3. The Morgan fingerprint density at radius 2 is 1.91 bits per heavy atom. The first kappa shape index (κ1) is 24.2. The van der Waals surface area contributed by atoms with E-state index < -0.39 is 0 Å². The standard InChI is InChI=1S/C25H32N4O2.ClH/c26-16-20-19(18-9-12-28-13-10-18)15-21(29-25(20)27)24-22(30)7-4-8-23(24)31-14-11-17-5-2-1-3-6-17;/h4,7-8,15,17-18,28,30H,1-3,5-6,9-14H2,(H2,27,29);1H. The smallest absolute Gasteiger partial charge is 0.142 e. The van der Waals surface area contributed by atoms with Gasteiger partial charge in [-0.05, 0) is 68.0 Å². The first-order valence-electron chi connectivity index (χ1n) is 11.5. The summed E-state index contributed by atoms with van der Waals surface area (Å²) < 4.78 is 6.14. The third-order valence-corrected chi connectivity index (χ3v) is 6.74. The lowest BCUT2D eigenvalue weighted by molar-refractivity contribution is 0.246. The lowest BCUT2D eigenvalue weighted by Gasteiger charge is -2.25. The summed E-state index contributed by atoms with van der Waals surface area (Å²) in [6, 6.07) is 9.46. The molecule has 1 aliphatic heterocycles. The third-order valence-electron chi connectivity index (χ3n) is 6.74. The highest BCUT2D eigenvalue weighted by Crippen LogP contribution is 2.40. The molecule has 32 heavy (non-hydrogen) atoms. The highest BCUT2D eigenvalue weighted by Gasteiger charge is 2.24. The minimum Gasteiger partial charge on any atom is -0.507 e. The fourth-order valence-corrected chi connectivity index (χ4v) is 5.00. The Balaban J connectivity index is 0.00000289. The Morgan fingerprint density at radius 3 is 2.62 bits per heavy atom. The summed E-state index contributed by atoms with van der Waals surface area (Å²) in [6.45, 7) is 2.45. The van der Waals surface area contributed by atoms with E-state index in [1.807, 2.05) is 12.1 Å². The normalized spacial score (nSPS) is 17.3. The molecule has 4 N–H and O–H groups in total. The van der Waals surface area contributed by atoms with Gasteiger partial charge in [0, 0.05) is 0 Å². The van der Waals surface area contributed by atoms with Crippen molar-refractivity contribution in [2.45, 2.75) is 57.3 Å². The molecule has 1 aliphatic carbocycles. The second kappa shape index (κ2) is 11.4. The molecule has 4 rings (SSSR count). The van der Waals surface area contributed by atoms with Gasteiger partial charge >= 0.3 is 0 Å². The van der Waals surface area contributed by atoms with Crippen LogP contribution >= 0.6 is 12.4 Å². The number of anilines is 1. The Kier molecular flexibility index (Phi) is 8.60. The van der Waals surface area contributed by atoms with E-state index in [4.69, 9.17) is 10.5 Å². The van der Waals surface area contributed by atoms with Crippen LogP contribution in [0, 0.1) is 17.2 Å². The average molecular weight is 457 g/mol. The van der Waals surface area contributed by atoms with Gasteiger partial charge in [0.1, 0.15) is 23.4 Å². The number of nitrogens with one attached hydrogen (secondary N) is 1. The monoisotopic (exact) mass is 456 g/mol. The SMILES string of the molecule is Cl.N#Cc1c(C2CCNCC2)cc(-c2c(O)cccc2OCCC2CCCCC2)nc1N. The molecule has 2 aromatic rings. The number of phenolic OH excluding ortho intramolecular Hbond substituents is 1. The van der Waals surface area contributed by atoms with Crippen LogP contribution in [0.2, 0.25) is 0 Å². The molecule has 0 radical (unpaired) electrons. The number of aromatic hydroxyl groups is 1. The first-order chi connectivity index (χ1) is 15.2. The summed E-state index contributed by atoms with van der Waals surface area (Å²) in [7, 11) is 0. The second-order valence-electron chi connectivity index (χ2n) is 8.78. The second-order valence-corrected chi connectivity index (χ2v) is 8.78. The molecule has 0 spiro atoms. The predicted molar refractivity (Wildman–Crippen MR) is 129 cm³/mol. The number of nitrogen functional groups attached to an aromatic ring is 1. The van der Waals surface area contributed by atoms with Crippen molar-refractivity contribution in [2.24, 2.45) is 5.92 Å². The van der Waals surface area contributed by atoms with Gasteiger partial charge in [-0.25, -0.2) is 4.98 Å². The van der Waals surface area contributed by atoms with E-state index in [0.29, 0.717) is 29.2 Å². The number of piperidine rings is 1. The highest BCUT2D eigenvalue weighted by atomic mass is 35.5. The largest absolute Gasteiger partial charge is 0.507 e. The van der Waals surface area contributed by atoms with E-state index >= 15 is 0 Å². The molecule has 1 saturated carbocycles. The van der Waals surface area contributed by atoms with Gasteiger partial charge in [0.05, 0.1) is 23.4 Å². The van der Waals surface area contributed by atoms with Crippen molar-refractivity contribution >= 4 is 18.2 Å². The van der Waals surface area contributed by atoms with Crippen molar-refractivity contribution in [1.82, 2.24) is 10.3 Å². The lowest BCUT2D eigenvalue weighted by Crippen LogP contribution is -2.27. The number of phenols is 1. The van der Waals surface area contributed by atoms with Crippen molar-refractivity contribution < 1.29 is 9.84 Å². The molecule has 1 saturated heterocycles. The quantitative estimate of drug-likeness (QED) is 0.555. The van der Waals surface area contributed by atoms with Gasteiger partial charge in [0.2, 0.25) is 0 Å². The Labute approximate surface area is 196 Å². The Morgan fingerprint density at radius 1 is 1.16 bits per heavy atom. The van der Waals surface area contributed by atoms with Crippen LogP contribution < -0.4 is 15.8 Å². The molecule has 2 heterocycles. The molecule has 0 bridgehead atoms. The van der Waals surface area contributed by atoms with Crippen LogP contribution in [0.5, 0.6) is 11.5 Å². The van der Waals surface area contributed by atoms with Crippen molar-refractivity contribution in [2.75, 3.05) is 25.4 Å². The van der Waals surface area contributed by atoms with Crippen molar-refractivity contribution in [3.05, 3.63) is 35.4 Å². The molecule has 0 unspecified atom stereocenters. The van der Waals surface area contributed by atoms with Gasteiger partial charge in [0.25, 0.3) is 0 Å². The zero-order chi connectivity index (χ0) is 21.6. The summed E-state index contributed by atoms with van der Waals surface area (Å²) in [4.78, 5) is 4.49. The maximum Gasteiger partial charge on any atom is 0.142 e. The molecule has 2 aliphatic rings. The summed E-state index contributed by atoms with van der Waals surface area (Å²) in [5, 5.41) is 23.7. The fraction of sp³-hybridized carbons (Fsp3) is 0.520. The van der Waals surface area contributed by atoms with Gasteiger partial charge in [-0.2, -0.15) is 5.26 Å². The Bertz CT molecular complexity index is 948. The first-order valence-corrected chi connectivity index (χ1v) is 11.5. The number of nitrogens with zero attached hydrogens (tertiary/aromatic N) is 2. The number of nitrogens with two attached hydrogens (primary N) is 1. The molecule has 2 fully saturated rings. The van der Waals surface area contributed by atoms with Crippen LogP contribution in [0.15, 0.2) is 24.3 Å². The van der Waals surface area contributed by atoms with Crippen LogP contribution in [-0.4, -0.2) is 29.8 Å². The van der Waals surface area contributed by atoms with Gasteiger partial charge in [0.15, 0.2) is 0 Å². The zero-order valence-corrected chi connectivity index (χ0v) is 19.3. The molecule has 0 atom stereocenters. The summed E-state index contributed by atoms with van der Waals surface area (Å²) >= 11 is 0. The van der Waals surface area contributed by atoms with E-state index in [-0.39, 0.29) is 29.9 Å². The zero-order valence-electron chi connectivity index (χ0n) is 18.5. The van der Waals surface area contributed by atoms with Gasteiger partial charge in [-0.15, -0.1) is 12.4 Å². The number of rotatable bonds is 6. The van der Waals surface area contributed by atoms with Crippen LogP contribution in [0.4, 0.5) is 5.82 Å². The van der Waals surface area contributed by atoms with Crippen molar-refractivity contribution in [3.8, 4) is 28.8 Å². The molecule has 6 nitrogen and oxygen atoms in total. The van der Waals surface area contributed by atoms with Crippen molar-refractivity contribution in [3.63, 3.8) is 0 Å². The number of pyridine rings is 1. The number of halogens is 1. The summed E-state index contributed by atoms with van der Waals surface area (Å²) in [5.74, 6) is 1.92. The molecular formula is C25H33ClN4O2. The number of aromatic nitrogens is 1. The Hall–Kier alpha value is -2.49. The topological polar surface area (TPSA) is 104 Å². The van der Waals surface area contributed by atoms with E-state index in [0.717, 1.165) is 43.8 Å². The van der Waals surface area contributed by atoms with E-state index in [9.17, 15) is 10.4 Å². The average Bonchev–Trinajstić information content (AvgIpc) is 2.80. The van der Waals surface area contributed by atoms with Crippen molar-refractivity contribution in [1.29, 1.82) is 5.26 Å². The summed E-state index contributed by atoms with van der Waals surface area (Å²) in [6.07, 6.45) is 9.46. The maximum absolute atomic E-state index is 10.7. The predicted octanol–water partition coefficient (Wildman–Crippen LogP) is 5.15. The van der Waals surface area contributed by atoms with Crippen LogP contribution in [0.25, 0.3) is 11.3 Å². The van der Waals surface area contributed by atoms with Gasteiger partial charge in [-0.3, -0.25) is 0 Å². The van der Waals surface area contributed by atoms with Crippen LogP contribution in [-0.2, 0) is 0 Å². The third kappa shape index (κ3) is 5.46. The van der Waals surface area contributed by atoms with E-state index in [1.165, 1.54) is 32.1 Å². The van der Waals surface area contributed by atoms with Crippen LogP contribution in [0.1, 0.15) is 68.4 Å². The molecule has 7 heteroatoms. The molecule has 1 aromatic carbocycles. The molecule has 172 valence electrons.